The zero-order valence-corrected chi connectivity index (χ0v) is 14.8. The minimum absolute atomic E-state index is 0.0494. The van der Waals surface area contributed by atoms with Crippen molar-refractivity contribution in [1.29, 1.82) is 0 Å². The fourth-order valence-electron chi connectivity index (χ4n) is 2.05. The van der Waals surface area contributed by atoms with E-state index in [0.717, 1.165) is 16.3 Å². The highest BCUT2D eigenvalue weighted by Gasteiger charge is 2.16. The zero-order valence-electron chi connectivity index (χ0n) is 13.2. The van der Waals surface area contributed by atoms with E-state index < -0.39 is 0 Å². The van der Waals surface area contributed by atoms with Gasteiger partial charge in [0.1, 0.15) is 5.01 Å². The van der Waals surface area contributed by atoms with Crippen LogP contribution in [0.1, 0.15) is 12.5 Å². The normalized spacial score (nSPS) is 11.9. The molecule has 0 unspecified atom stereocenters. The summed E-state index contributed by atoms with van der Waals surface area (Å²) in [6, 6.07) is 20.0. The van der Waals surface area contributed by atoms with E-state index >= 15 is 0 Å². The van der Waals surface area contributed by atoms with Crippen molar-refractivity contribution >= 4 is 34.1 Å². The van der Waals surface area contributed by atoms with Gasteiger partial charge in [-0.3, -0.25) is 10.1 Å². The third kappa shape index (κ3) is 4.43. The molecule has 1 heterocycles. The fourth-order valence-corrected chi connectivity index (χ4v) is 3.65. The molecule has 3 aromatic rings. The molecule has 0 aliphatic carbocycles. The predicted octanol–water partition coefficient (Wildman–Crippen LogP) is 4.47. The molecule has 1 amide bonds. The first kappa shape index (κ1) is 16.7. The number of aromatic nitrogens is 2. The van der Waals surface area contributed by atoms with Crippen LogP contribution in [-0.2, 0) is 10.5 Å². The Kier molecular flexibility index (Phi) is 5.61. The van der Waals surface area contributed by atoms with Crippen LogP contribution in [0.2, 0.25) is 0 Å². The molecule has 0 fully saturated rings. The monoisotopic (exact) mass is 355 g/mol. The lowest BCUT2D eigenvalue weighted by atomic mass is 10.2. The van der Waals surface area contributed by atoms with Crippen LogP contribution in [0.25, 0.3) is 10.6 Å². The molecule has 2 aromatic carbocycles. The second-order valence-electron chi connectivity index (χ2n) is 5.21. The summed E-state index contributed by atoms with van der Waals surface area (Å²) in [6.07, 6.45) is 0. The van der Waals surface area contributed by atoms with Crippen molar-refractivity contribution in [1.82, 2.24) is 10.2 Å². The number of benzene rings is 2. The first-order valence-corrected chi connectivity index (χ1v) is 9.44. The maximum atomic E-state index is 12.3. The molecule has 6 heteroatoms. The second-order valence-corrected chi connectivity index (χ2v) is 7.51. The SMILES string of the molecule is C[C@@H](SCc1ccccc1)C(=O)Nc1nnc(-c2ccccc2)s1. The number of thioether (sulfide) groups is 1. The number of amides is 1. The van der Waals surface area contributed by atoms with Gasteiger partial charge >= 0.3 is 0 Å². The summed E-state index contributed by atoms with van der Waals surface area (Å²) in [7, 11) is 0. The molecule has 0 aliphatic heterocycles. The van der Waals surface area contributed by atoms with E-state index in [1.54, 1.807) is 11.8 Å². The molecule has 0 saturated carbocycles. The van der Waals surface area contributed by atoms with Crippen molar-refractivity contribution in [2.24, 2.45) is 0 Å². The lowest BCUT2D eigenvalue weighted by Gasteiger charge is -2.10. The van der Waals surface area contributed by atoms with E-state index in [2.05, 4.69) is 27.6 Å². The van der Waals surface area contributed by atoms with Gasteiger partial charge in [0, 0.05) is 11.3 Å². The molecular formula is C18H17N3OS2. The average Bonchev–Trinajstić information content (AvgIpc) is 3.10. The molecule has 1 N–H and O–H groups in total. The molecule has 122 valence electrons. The number of carbonyl (C=O) groups excluding carboxylic acids is 1. The van der Waals surface area contributed by atoms with E-state index in [4.69, 9.17) is 0 Å². The smallest absolute Gasteiger partial charge is 0.239 e. The average molecular weight is 355 g/mol. The van der Waals surface area contributed by atoms with Crippen LogP contribution in [-0.4, -0.2) is 21.4 Å². The lowest BCUT2D eigenvalue weighted by molar-refractivity contribution is -0.115. The number of rotatable bonds is 6. The van der Waals surface area contributed by atoms with Crippen molar-refractivity contribution in [2.75, 3.05) is 5.32 Å². The Bertz CT molecular complexity index is 790. The summed E-state index contributed by atoms with van der Waals surface area (Å²) in [6.45, 7) is 1.90. The Labute approximate surface area is 149 Å². The van der Waals surface area contributed by atoms with Crippen LogP contribution in [0.5, 0.6) is 0 Å². The van der Waals surface area contributed by atoms with Crippen LogP contribution < -0.4 is 5.32 Å². The summed E-state index contributed by atoms with van der Waals surface area (Å²) in [4.78, 5) is 12.3. The van der Waals surface area contributed by atoms with Crippen molar-refractivity contribution in [3.63, 3.8) is 0 Å². The highest BCUT2D eigenvalue weighted by atomic mass is 32.2. The summed E-state index contributed by atoms with van der Waals surface area (Å²) >= 11 is 2.99. The molecular weight excluding hydrogens is 338 g/mol. The highest BCUT2D eigenvalue weighted by Crippen LogP contribution is 2.26. The minimum atomic E-state index is -0.158. The maximum absolute atomic E-state index is 12.3. The van der Waals surface area contributed by atoms with Crippen LogP contribution in [0.3, 0.4) is 0 Å². The number of nitrogens with one attached hydrogen (secondary N) is 1. The van der Waals surface area contributed by atoms with Crippen molar-refractivity contribution in [2.45, 2.75) is 17.9 Å². The van der Waals surface area contributed by atoms with E-state index in [0.29, 0.717) is 5.13 Å². The van der Waals surface area contributed by atoms with E-state index in [9.17, 15) is 4.79 Å². The molecule has 0 bridgehead atoms. The van der Waals surface area contributed by atoms with Gasteiger partial charge in [0.25, 0.3) is 0 Å². The first-order valence-electron chi connectivity index (χ1n) is 7.57. The highest BCUT2D eigenvalue weighted by molar-refractivity contribution is 7.99. The number of hydrogen-bond donors (Lipinski definition) is 1. The molecule has 24 heavy (non-hydrogen) atoms. The maximum Gasteiger partial charge on any atom is 0.239 e. The summed E-state index contributed by atoms with van der Waals surface area (Å²) in [5.41, 5.74) is 2.21. The second kappa shape index (κ2) is 8.08. The fraction of sp³-hybridized carbons (Fsp3) is 0.167. The molecule has 3 rings (SSSR count). The van der Waals surface area contributed by atoms with Gasteiger partial charge in [-0.1, -0.05) is 72.0 Å². The van der Waals surface area contributed by atoms with Crippen LogP contribution >= 0.6 is 23.1 Å². The largest absolute Gasteiger partial charge is 0.300 e. The van der Waals surface area contributed by atoms with E-state index in [1.165, 1.54) is 16.9 Å². The quantitative estimate of drug-likeness (QED) is 0.709. The zero-order chi connectivity index (χ0) is 16.8. The molecule has 0 spiro atoms. The van der Waals surface area contributed by atoms with Gasteiger partial charge in [0.15, 0.2) is 0 Å². The Morgan fingerprint density at radius 2 is 1.75 bits per heavy atom. The summed E-state index contributed by atoms with van der Waals surface area (Å²) in [5, 5.41) is 12.2. The van der Waals surface area contributed by atoms with Gasteiger partial charge in [-0.05, 0) is 12.5 Å². The van der Waals surface area contributed by atoms with E-state index in [1.807, 2.05) is 55.5 Å². The number of hydrogen-bond acceptors (Lipinski definition) is 5. The Balaban J connectivity index is 1.55. The Morgan fingerprint density at radius 1 is 1.08 bits per heavy atom. The minimum Gasteiger partial charge on any atom is -0.300 e. The van der Waals surface area contributed by atoms with Gasteiger partial charge in [0.05, 0.1) is 5.25 Å². The van der Waals surface area contributed by atoms with Crippen LogP contribution in [0.15, 0.2) is 60.7 Å². The number of anilines is 1. The lowest BCUT2D eigenvalue weighted by Crippen LogP contribution is -2.22. The number of carbonyl (C=O) groups is 1. The Morgan fingerprint density at radius 3 is 2.46 bits per heavy atom. The first-order chi connectivity index (χ1) is 11.7. The standard InChI is InChI=1S/C18H17N3OS2/c1-13(23-12-14-8-4-2-5-9-14)16(22)19-18-21-20-17(24-18)15-10-6-3-7-11-15/h2-11,13H,12H2,1H3,(H,19,21,22)/t13-/m1/s1. The molecule has 1 aromatic heterocycles. The third-order valence-electron chi connectivity index (χ3n) is 3.39. The topological polar surface area (TPSA) is 54.9 Å². The molecule has 0 saturated heterocycles. The molecule has 4 nitrogen and oxygen atoms in total. The molecule has 0 radical (unpaired) electrons. The van der Waals surface area contributed by atoms with Crippen LogP contribution in [0, 0.1) is 0 Å². The number of nitrogens with zero attached hydrogens (tertiary/aromatic N) is 2. The van der Waals surface area contributed by atoms with Crippen LogP contribution in [0.4, 0.5) is 5.13 Å². The van der Waals surface area contributed by atoms with Crippen molar-refractivity contribution in [3.8, 4) is 10.6 Å². The van der Waals surface area contributed by atoms with Gasteiger partial charge in [-0.15, -0.1) is 22.0 Å². The van der Waals surface area contributed by atoms with Gasteiger partial charge in [0.2, 0.25) is 11.0 Å². The molecule has 1 atom stereocenters. The van der Waals surface area contributed by atoms with Gasteiger partial charge in [-0.25, -0.2) is 0 Å². The van der Waals surface area contributed by atoms with Crippen molar-refractivity contribution < 1.29 is 4.79 Å². The summed E-state index contributed by atoms with van der Waals surface area (Å²) in [5.74, 6) is 0.757. The van der Waals surface area contributed by atoms with E-state index in [-0.39, 0.29) is 11.2 Å². The Hall–Kier alpha value is -2.18. The predicted molar refractivity (Wildman–Crippen MR) is 101 cm³/mol. The molecule has 0 aliphatic rings. The summed E-state index contributed by atoms with van der Waals surface area (Å²) < 4.78 is 0. The van der Waals surface area contributed by atoms with Gasteiger partial charge < -0.3 is 0 Å². The third-order valence-corrected chi connectivity index (χ3v) is 5.49. The van der Waals surface area contributed by atoms with Gasteiger partial charge in [-0.2, -0.15) is 0 Å². The van der Waals surface area contributed by atoms with Crippen molar-refractivity contribution in [3.05, 3.63) is 66.2 Å².